The van der Waals surface area contributed by atoms with Crippen molar-refractivity contribution in [1.29, 1.82) is 0 Å². The maximum Gasteiger partial charge on any atom is 0.148 e. The third-order valence-electron chi connectivity index (χ3n) is 2.24. The van der Waals surface area contributed by atoms with Gasteiger partial charge >= 0.3 is 0 Å². The Balaban J connectivity index is 2.88. The van der Waals surface area contributed by atoms with Gasteiger partial charge < -0.3 is 15.5 Å². The highest BCUT2D eigenvalue weighted by Crippen LogP contribution is 2.18. The Kier molecular flexibility index (Phi) is 4.94. The Hall–Kier alpha value is -1.40. The molecule has 90 valence electrons. The van der Waals surface area contributed by atoms with Crippen LogP contribution >= 0.6 is 0 Å². The predicted octanol–water partition coefficient (Wildman–Crippen LogP) is 0.691. The number of methoxy groups -OCH3 is 1. The highest BCUT2D eigenvalue weighted by molar-refractivity contribution is 5.56. The third-order valence-corrected chi connectivity index (χ3v) is 2.24. The first kappa shape index (κ1) is 12.7. The van der Waals surface area contributed by atoms with Gasteiger partial charge in [0.15, 0.2) is 0 Å². The van der Waals surface area contributed by atoms with Gasteiger partial charge in [0, 0.05) is 25.6 Å². The molecule has 0 aliphatic heterocycles. The lowest BCUT2D eigenvalue weighted by molar-refractivity contribution is 0.210. The molecule has 0 aliphatic carbocycles. The number of hydrogen-bond donors (Lipinski definition) is 3. The van der Waals surface area contributed by atoms with Crippen molar-refractivity contribution in [3.05, 3.63) is 11.4 Å². The van der Waals surface area contributed by atoms with E-state index in [2.05, 4.69) is 20.7 Å². The van der Waals surface area contributed by atoms with Crippen molar-refractivity contribution in [3.8, 4) is 0 Å². The van der Waals surface area contributed by atoms with Crippen molar-refractivity contribution >= 4 is 11.6 Å². The van der Waals surface area contributed by atoms with Gasteiger partial charge in [0.05, 0.1) is 6.61 Å². The zero-order valence-corrected chi connectivity index (χ0v) is 10.0. The van der Waals surface area contributed by atoms with E-state index in [-0.39, 0.29) is 0 Å². The molecule has 0 atom stereocenters. The zero-order chi connectivity index (χ0) is 12.0. The largest absolute Gasteiger partial charge is 0.383 e. The maximum absolute atomic E-state index is 5.41. The molecule has 4 N–H and O–H groups in total. The maximum atomic E-state index is 5.41. The number of nitrogens with zero attached hydrogens (tertiary/aromatic N) is 2. The summed E-state index contributed by atoms with van der Waals surface area (Å²) >= 11 is 0. The van der Waals surface area contributed by atoms with Gasteiger partial charge in [-0.1, -0.05) is 6.92 Å². The molecule has 0 saturated heterocycles. The first-order chi connectivity index (χ1) is 7.72. The molecule has 0 unspecified atom stereocenters. The standard InChI is InChI=1S/C10H19N5O/c1-4-8-13-9(12-5-6-16-3)7(2)10(14-8)15-11/h4-6,11H2,1-3H3,(H2,12,13,14,15). The number of aryl methyl sites for hydroxylation is 1. The van der Waals surface area contributed by atoms with Gasteiger partial charge in [-0.2, -0.15) is 0 Å². The summed E-state index contributed by atoms with van der Waals surface area (Å²) in [5.41, 5.74) is 3.49. The lowest BCUT2D eigenvalue weighted by atomic mass is 10.3. The fraction of sp³-hybridized carbons (Fsp3) is 0.600. The summed E-state index contributed by atoms with van der Waals surface area (Å²) in [6.07, 6.45) is 0.772. The van der Waals surface area contributed by atoms with Crippen LogP contribution in [0.4, 0.5) is 11.6 Å². The summed E-state index contributed by atoms with van der Waals surface area (Å²) in [6.45, 7) is 5.27. The number of hydrogen-bond acceptors (Lipinski definition) is 6. The van der Waals surface area contributed by atoms with Crippen molar-refractivity contribution < 1.29 is 4.74 Å². The lowest BCUT2D eigenvalue weighted by Crippen LogP contribution is -2.16. The summed E-state index contributed by atoms with van der Waals surface area (Å²) in [4.78, 5) is 8.68. The van der Waals surface area contributed by atoms with E-state index in [0.29, 0.717) is 19.0 Å². The normalized spacial score (nSPS) is 10.2. The number of ether oxygens (including phenoxy) is 1. The molecule has 1 heterocycles. The number of hydrazine groups is 1. The van der Waals surface area contributed by atoms with Crippen LogP contribution in [0, 0.1) is 6.92 Å². The number of anilines is 2. The second kappa shape index (κ2) is 6.24. The van der Waals surface area contributed by atoms with Crippen LogP contribution in [0.15, 0.2) is 0 Å². The van der Waals surface area contributed by atoms with Crippen molar-refractivity contribution in [2.45, 2.75) is 20.3 Å². The minimum atomic E-state index is 0.635. The monoisotopic (exact) mass is 225 g/mol. The Morgan fingerprint density at radius 3 is 2.56 bits per heavy atom. The van der Waals surface area contributed by atoms with Crippen molar-refractivity contribution in [1.82, 2.24) is 9.97 Å². The van der Waals surface area contributed by atoms with E-state index in [4.69, 9.17) is 10.6 Å². The van der Waals surface area contributed by atoms with E-state index in [9.17, 15) is 0 Å². The van der Waals surface area contributed by atoms with Gasteiger partial charge in [0.25, 0.3) is 0 Å². The first-order valence-corrected chi connectivity index (χ1v) is 5.29. The van der Waals surface area contributed by atoms with Crippen molar-refractivity contribution in [2.24, 2.45) is 5.84 Å². The van der Waals surface area contributed by atoms with E-state index in [1.165, 1.54) is 0 Å². The molecule has 0 bridgehead atoms. The molecule has 0 fully saturated rings. The Morgan fingerprint density at radius 1 is 1.31 bits per heavy atom. The summed E-state index contributed by atoms with van der Waals surface area (Å²) in [5.74, 6) is 7.63. The van der Waals surface area contributed by atoms with Gasteiger partial charge in [0.1, 0.15) is 17.5 Å². The zero-order valence-electron chi connectivity index (χ0n) is 10.0. The van der Waals surface area contributed by atoms with Crippen LogP contribution in [0.2, 0.25) is 0 Å². The molecule has 0 aliphatic rings. The number of aromatic nitrogens is 2. The van der Waals surface area contributed by atoms with E-state index < -0.39 is 0 Å². The molecule has 1 rings (SSSR count). The van der Waals surface area contributed by atoms with E-state index in [0.717, 1.165) is 23.6 Å². The van der Waals surface area contributed by atoms with Crippen molar-refractivity contribution in [3.63, 3.8) is 0 Å². The molecule has 16 heavy (non-hydrogen) atoms. The van der Waals surface area contributed by atoms with Crippen LogP contribution in [0.3, 0.4) is 0 Å². The Labute approximate surface area is 95.6 Å². The number of nitrogens with one attached hydrogen (secondary N) is 2. The predicted molar refractivity (Wildman–Crippen MR) is 64.3 cm³/mol. The average Bonchev–Trinajstić information content (AvgIpc) is 2.31. The van der Waals surface area contributed by atoms with Crippen LogP contribution in [-0.4, -0.2) is 30.2 Å². The fourth-order valence-electron chi connectivity index (χ4n) is 1.31. The molecule has 1 aromatic rings. The molecule has 0 aromatic carbocycles. The van der Waals surface area contributed by atoms with Gasteiger partial charge in [0.2, 0.25) is 0 Å². The van der Waals surface area contributed by atoms with Gasteiger partial charge in [-0.25, -0.2) is 15.8 Å². The molecule has 6 heteroatoms. The summed E-state index contributed by atoms with van der Waals surface area (Å²) in [6, 6.07) is 0. The molecule has 0 saturated carbocycles. The van der Waals surface area contributed by atoms with E-state index >= 15 is 0 Å². The average molecular weight is 225 g/mol. The van der Waals surface area contributed by atoms with Crippen LogP contribution in [0.25, 0.3) is 0 Å². The van der Waals surface area contributed by atoms with Gasteiger partial charge in [-0.05, 0) is 6.92 Å². The summed E-state index contributed by atoms with van der Waals surface area (Å²) in [5, 5.41) is 3.19. The highest BCUT2D eigenvalue weighted by atomic mass is 16.5. The molecule has 0 amide bonds. The van der Waals surface area contributed by atoms with E-state index in [1.54, 1.807) is 7.11 Å². The minimum Gasteiger partial charge on any atom is -0.383 e. The lowest BCUT2D eigenvalue weighted by Gasteiger charge is -2.12. The number of nitrogens with two attached hydrogens (primary N) is 1. The first-order valence-electron chi connectivity index (χ1n) is 5.29. The molecular formula is C10H19N5O. The molecular weight excluding hydrogens is 206 g/mol. The minimum absolute atomic E-state index is 0.635. The van der Waals surface area contributed by atoms with Crippen LogP contribution < -0.4 is 16.6 Å². The second-order valence-electron chi connectivity index (χ2n) is 3.38. The van der Waals surface area contributed by atoms with Crippen LogP contribution in [-0.2, 0) is 11.2 Å². The molecule has 0 radical (unpaired) electrons. The van der Waals surface area contributed by atoms with Gasteiger partial charge in [-0.3, -0.25) is 0 Å². The van der Waals surface area contributed by atoms with E-state index in [1.807, 2.05) is 13.8 Å². The quantitative estimate of drug-likeness (QED) is 0.375. The van der Waals surface area contributed by atoms with Gasteiger partial charge in [-0.15, -0.1) is 0 Å². The summed E-state index contributed by atoms with van der Waals surface area (Å²) in [7, 11) is 1.67. The molecule has 0 spiro atoms. The number of nitrogen functional groups attached to an aromatic ring is 1. The van der Waals surface area contributed by atoms with Crippen LogP contribution in [0.5, 0.6) is 0 Å². The fourth-order valence-corrected chi connectivity index (χ4v) is 1.31. The molecule has 1 aromatic heterocycles. The second-order valence-corrected chi connectivity index (χ2v) is 3.38. The van der Waals surface area contributed by atoms with Crippen LogP contribution in [0.1, 0.15) is 18.3 Å². The third kappa shape index (κ3) is 3.04. The summed E-state index contributed by atoms with van der Waals surface area (Å²) < 4.78 is 4.97. The topological polar surface area (TPSA) is 85.1 Å². The Bertz CT molecular complexity index is 342. The SMILES string of the molecule is CCc1nc(NN)c(C)c(NCCOC)n1. The highest BCUT2D eigenvalue weighted by Gasteiger charge is 2.08. The van der Waals surface area contributed by atoms with Crippen molar-refractivity contribution in [2.75, 3.05) is 31.0 Å². The smallest absolute Gasteiger partial charge is 0.148 e. The molecule has 6 nitrogen and oxygen atoms in total. The Morgan fingerprint density at radius 2 is 2.00 bits per heavy atom. The number of rotatable bonds is 6.